The third-order valence-corrected chi connectivity index (χ3v) is 4.89. The van der Waals surface area contributed by atoms with Crippen LogP contribution in [0.2, 0.25) is 0 Å². The highest BCUT2D eigenvalue weighted by Gasteiger charge is 2.35. The van der Waals surface area contributed by atoms with Crippen molar-refractivity contribution in [3.63, 3.8) is 0 Å². The second kappa shape index (κ2) is 6.87. The summed E-state index contributed by atoms with van der Waals surface area (Å²) >= 11 is 0. The van der Waals surface area contributed by atoms with Crippen LogP contribution < -0.4 is 5.73 Å². The predicted octanol–water partition coefficient (Wildman–Crippen LogP) is 0.685. The summed E-state index contributed by atoms with van der Waals surface area (Å²) in [7, 11) is 0. The van der Waals surface area contributed by atoms with E-state index < -0.39 is 5.41 Å². The van der Waals surface area contributed by atoms with E-state index in [0.717, 1.165) is 45.8 Å². The highest BCUT2D eigenvalue weighted by Crippen LogP contribution is 2.23. The van der Waals surface area contributed by atoms with Gasteiger partial charge in [-0.25, -0.2) is 0 Å². The van der Waals surface area contributed by atoms with Crippen molar-refractivity contribution in [3.05, 3.63) is 0 Å². The topological polar surface area (TPSA) is 58.8 Å². The number of ether oxygens (including phenoxy) is 1. The Morgan fingerprint density at radius 3 is 2.55 bits per heavy atom. The van der Waals surface area contributed by atoms with Gasteiger partial charge in [0.25, 0.3) is 0 Å². The van der Waals surface area contributed by atoms with Gasteiger partial charge >= 0.3 is 0 Å². The van der Waals surface area contributed by atoms with Crippen molar-refractivity contribution in [3.8, 4) is 0 Å². The number of hydrogen-bond donors (Lipinski definition) is 1. The number of piperazine rings is 1. The minimum absolute atomic E-state index is 0.222. The summed E-state index contributed by atoms with van der Waals surface area (Å²) in [4.78, 5) is 16.9. The van der Waals surface area contributed by atoms with Crippen LogP contribution in [-0.4, -0.2) is 67.7 Å². The second-order valence-electron chi connectivity index (χ2n) is 6.35. The van der Waals surface area contributed by atoms with E-state index >= 15 is 0 Å². The number of rotatable bonds is 5. The maximum atomic E-state index is 12.5. The van der Waals surface area contributed by atoms with Gasteiger partial charge in [-0.15, -0.1) is 0 Å². The van der Waals surface area contributed by atoms with Crippen molar-refractivity contribution in [2.75, 3.05) is 45.9 Å². The normalized spacial score (nSPS) is 27.6. The van der Waals surface area contributed by atoms with Crippen molar-refractivity contribution in [2.24, 2.45) is 11.1 Å². The molecule has 2 rings (SSSR count). The van der Waals surface area contributed by atoms with E-state index in [2.05, 4.69) is 4.90 Å². The standard InChI is InChI=1S/C15H29N3O2/c1-3-15(2,12-16)14(19)18-8-6-17(7-9-18)11-13-5-4-10-20-13/h13H,3-12,16H2,1-2H3. The lowest BCUT2D eigenvalue weighted by molar-refractivity contribution is -0.143. The molecule has 0 bridgehead atoms. The first kappa shape index (κ1) is 15.7. The first-order valence-electron chi connectivity index (χ1n) is 7.92. The van der Waals surface area contributed by atoms with Crippen LogP contribution >= 0.6 is 0 Å². The zero-order valence-corrected chi connectivity index (χ0v) is 12.9. The van der Waals surface area contributed by atoms with E-state index in [1.807, 2.05) is 18.7 Å². The van der Waals surface area contributed by atoms with E-state index in [1.54, 1.807) is 0 Å². The Kier molecular flexibility index (Phi) is 5.41. The lowest BCUT2D eigenvalue weighted by Gasteiger charge is -2.39. The fraction of sp³-hybridized carbons (Fsp3) is 0.933. The molecule has 20 heavy (non-hydrogen) atoms. The number of carbonyl (C=O) groups excluding carboxylic acids is 1. The number of carbonyl (C=O) groups is 1. The molecular formula is C15H29N3O2. The summed E-state index contributed by atoms with van der Waals surface area (Å²) in [6, 6.07) is 0. The van der Waals surface area contributed by atoms with E-state index in [4.69, 9.17) is 10.5 Å². The average Bonchev–Trinajstić information content (AvgIpc) is 2.99. The minimum atomic E-state index is -0.392. The lowest BCUT2D eigenvalue weighted by atomic mass is 9.86. The van der Waals surface area contributed by atoms with Crippen molar-refractivity contribution < 1.29 is 9.53 Å². The molecule has 2 aliphatic heterocycles. The van der Waals surface area contributed by atoms with E-state index in [0.29, 0.717) is 12.6 Å². The largest absolute Gasteiger partial charge is 0.377 e. The molecule has 116 valence electrons. The highest BCUT2D eigenvalue weighted by atomic mass is 16.5. The molecule has 0 aliphatic carbocycles. The van der Waals surface area contributed by atoms with Crippen LogP contribution in [0.25, 0.3) is 0 Å². The summed E-state index contributed by atoms with van der Waals surface area (Å²) < 4.78 is 5.68. The van der Waals surface area contributed by atoms with Gasteiger partial charge < -0.3 is 15.4 Å². The zero-order valence-electron chi connectivity index (χ0n) is 12.9. The molecule has 2 aliphatic rings. The molecular weight excluding hydrogens is 254 g/mol. The fourth-order valence-electron chi connectivity index (χ4n) is 2.97. The summed E-state index contributed by atoms with van der Waals surface area (Å²) in [6.07, 6.45) is 3.58. The van der Waals surface area contributed by atoms with Crippen molar-refractivity contribution in [1.29, 1.82) is 0 Å². The highest BCUT2D eigenvalue weighted by molar-refractivity contribution is 5.82. The van der Waals surface area contributed by atoms with E-state index in [-0.39, 0.29) is 5.91 Å². The Hall–Kier alpha value is -0.650. The van der Waals surface area contributed by atoms with Crippen LogP contribution in [0.3, 0.4) is 0 Å². The first-order valence-corrected chi connectivity index (χ1v) is 7.92. The first-order chi connectivity index (χ1) is 9.59. The fourth-order valence-corrected chi connectivity index (χ4v) is 2.97. The Balaban J connectivity index is 1.79. The van der Waals surface area contributed by atoms with Gasteiger partial charge in [0, 0.05) is 45.9 Å². The summed E-state index contributed by atoms with van der Waals surface area (Å²) in [5.74, 6) is 0.222. The van der Waals surface area contributed by atoms with Crippen molar-refractivity contribution in [2.45, 2.75) is 39.2 Å². The molecule has 5 heteroatoms. The molecule has 0 aromatic carbocycles. The molecule has 2 unspecified atom stereocenters. The molecule has 2 N–H and O–H groups in total. The van der Waals surface area contributed by atoms with Gasteiger partial charge in [-0.3, -0.25) is 9.69 Å². The van der Waals surface area contributed by atoms with Gasteiger partial charge in [0.05, 0.1) is 11.5 Å². The van der Waals surface area contributed by atoms with Crippen LogP contribution in [0.4, 0.5) is 0 Å². The summed E-state index contributed by atoms with van der Waals surface area (Å²) in [5, 5.41) is 0. The molecule has 2 heterocycles. The molecule has 5 nitrogen and oxygen atoms in total. The minimum Gasteiger partial charge on any atom is -0.377 e. The third-order valence-electron chi connectivity index (χ3n) is 4.89. The molecule has 2 saturated heterocycles. The van der Waals surface area contributed by atoms with Crippen molar-refractivity contribution in [1.82, 2.24) is 9.80 Å². The molecule has 1 amide bonds. The number of hydrogen-bond acceptors (Lipinski definition) is 4. The lowest BCUT2D eigenvalue weighted by Crippen LogP contribution is -2.54. The SMILES string of the molecule is CCC(C)(CN)C(=O)N1CCN(CC2CCCO2)CC1. The maximum absolute atomic E-state index is 12.5. The molecule has 0 saturated carbocycles. The van der Waals surface area contributed by atoms with Crippen LogP contribution in [0.1, 0.15) is 33.1 Å². The third kappa shape index (κ3) is 3.51. The summed E-state index contributed by atoms with van der Waals surface area (Å²) in [5.41, 5.74) is 5.39. The Morgan fingerprint density at radius 2 is 2.05 bits per heavy atom. The molecule has 2 atom stereocenters. The molecule has 2 fully saturated rings. The average molecular weight is 283 g/mol. The van der Waals surface area contributed by atoms with Gasteiger partial charge in [0.2, 0.25) is 5.91 Å². The van der Waals surface area contributed by atoms with E-state index in [1.165, 1.54) is 12.8 Å². The Labute approximate surface area is 122 Å². The van der Waals surface area contributed by atoms with Gasteiger partial charge in [-0.2, -0.15) is 0 Å². The van der Waals surface area contributed by atoms with Crippen LogP contribution in [-0.2, 0) is 9.53 Å². The molecule has 0 spiro atoms. The number of amides is 1. The zero-order chi connectivity index (χ0) is 14.6. The predicted molar refractivity (Wildman–Crippen MR) is 79.4 cm³/mol. The van der Waals surface area contributed by atoms with Gasteiger partial charge in [-0.05, 0) is 26.2 Å². The van der Waals surface area contributed by atoms with Crippen LogP contribution in [0, 0.1) is 5.41 Å². The quantitative estimate of drug-likeness (QED) is 0.806. The Bertz CT molecular complexity index is 317. The smallest absolute Gasteiger partial charge is 0.229 e. The Morgan fingerprint density at radius 1 is 1.35 bits per heavy atom. The van der Waals surface area contributed by atoms with Gasteiger partial charge in [0.1, 0.15) is 0 Å². The molecule has 0 aromatic heterocycles. The second-order valence-corrected chi connectivity index (χ2v) is 6.35. The van der Waals surface area contributed by atoms with Crippen LogP contribution in [0.5, 0.6) is 0 Å². The molecule has 0 aromatic rings. The van der Waals surface area contributed by atoms with Gasteiger partial charge in [-0.1, -0.05) is 6.92 Å². The van der Waals surface area contributed by atoms with Gasteiger partial charge in [0.15, 0.2) is 0 Å². The number of nitrogens with zero attached hydrogens (tertiary/aromatic N) is 2. The van der Waals surface area contributed by atoms with E-state index in [9.17, 15) is 4.79 Å². The maximum Gasteiger partial charge on any atom is 0.229 e. The van der Waals surface area contributed by atoms with Crippen LogP contribution in [0.15, 0.2) is 0 Å². The van der Waals surface area contributed by atoms with Crippen molar-refractivity contribution >= 4 is 5.91 Å². The molecule has 0 radical (unpaired) electrons. The number of nitrogens with two attached hydrogens (primary N) is 1. The monoisotopic (exact) mass is 283 g/mol. The summed E-state index contributed by atoms with van der Waals surface area (Å²) in [6.45, 7) is 9.93.